The van der Waals surface area contributed by atoms with E-state index < -0.39 is 24.5 Å². The highest BCUT2D eigenvalue weighted by molar-refractivity contribution is 5.94. The predicted octanol–water partition coefficient (Wildman–Crippen LogP) is 1.88. The van der Waals surface area contributed by atoms with Crippen LogP contribution in [0.4, 0.5) is 8.78 Å². The third-order valence-electron chi connectivity index (χ3n) is 2.20. The number of alkyl halides is 2. The second kappa shape index (κ2) is 6.67. The molecule has 0 saturated heterocycles. The van der Waals surface area contributed by atoms with Gasteiger partial charge in [-0.2, -0.15) is 8.78 Å². The van der Waals surface area contributed by atoms with Crippen LogP contribution in [0.2, 0.25) is 0 Å². The average molecular weight is 273 g/mol. The van der Waals surface area contributed by atoms with E-state index in [0.717, 1.165) is 0 Å². The number of halogens is 2. The van der Waals surface area contributed by atoms with Crippen LogP contribution in [0.3, 0.4) is 0 Å². The third kappa shape index (κ3) is 5.33. The van der Waals surface area contributed by atoms with Crippen molar-refractivity contribution in [1.29, 1.82) is 0 Å². The summed E-state index contributed by atoms with van der Waals surface area (Å²) in [7, 11) is 0. The van der Waals surface area contributed by atoms with E-state index in [1.165, 1.54) is 24.3 Å². The first-order chi connectivity index (χ1) is 8.88. The van der Waals surface area contributed by atoms with Crippen molar-refractivity contribution in [3.63, 3.8) is 0 Å². The van der Waals surface area contributed by atoms with Gasteiger partial charge in [0.25, 0.3) is 5.91 Å². The minimum Gasteiger partial charge on any atom is -0.481 e. The second-order valence-electron chi connectivity index (χ2n) is 3.88. The highest BCUT2D eigenvalue weighted by atomic mass is 19.3. The number of carboxylic acids is 1. The monoisotopic (exact) mass is 273 g/mol. The van der Waals surface area contributed by atoms with Crippen molar-refractivity contribution in [3.8, 4) is 5.75 Å². The minimum atomic E-state index is -2.92. The Balaban J connectivity index is 2.60. The molecule has 0 heterocycles. The Morgan fingerprint density at radius 2 is 1.89 bits per heavy atom. The van der Waals surface area contributed by atoms with Crippen LogP contribution in [0.5, 0.6) is 5.75 Å². The molecule has 104 valence electrons. The summed E-state index contributed by atoms with van der Waals surface area (Å²) >= 11 is 0. The fraction of sp³-hybridized carbons (Fsp3) is 0.333. The summed E-state index contributed by atoms with van der Waals surface area (Å²) in [6.45, 7) is -1.37. The number of amides is 1. The number of hydrogen-bond donors (Lipinski definition) is 2. The van der Waals surface area contributed by atoms with Gasteiger partial charge in [0.15, 0.2) is 0 Å². The van der Waals surface area contributed by atoms with Crippen molar-refractivity contribution in [2.45, 2.75) is 26.0 Å². The highest BCUT2D eigenvalue weighted by Crippen LogP contribution is 2.14. The summed E-state index contributed by atoms with van der Waals surface area (Å²) in [5.41, 5.74) is 0.235. The number of hydrogen-bond acceptors (Lipinski definition) is 3. The number of carboxylic acid groups (broad SMARTS) is 1. The van der Waals surface area contributed by atoms with Gasteiger partial charge in [0.2, 0.25) is 0 Å². The van der Waals surface area contributed by atoms with Crippen molar-refractivity contribution in [3.05, 3.63) is 29.8 Å². The first-order valence-electron chi connectivity index (χ1n) is 5.46. The molecule has 2 N–H and O–H groups in total. The van der Waals surface area contributed by atoms with Gasteiger partial charge >= 0.3 is 12.6 Å². The Bertz CT molecular complexity index is 448. The number of rotatable bonds is 6. The van der Waals surface area contributed by atoms with Crippen molar-refractivity contribution in [1.82, 2.24) is 5.32 Å². The lowest BCUT2D eigenvalue weighted by Crippen LogP contribution is -2.34. The molecule has 1 atom stereocenters. The van der Waals surface area contributed by atoms with Gasteiger partial charge < -0.3 is 15.2 Å². The fourth-order valence-corrected chi connectivity index (χ4v) is 1.41. The molecule has 0 spiro atoms. The van der Waals surface area contributed by atoms with Gasteiger partial charge in [0.05, 0.1) is 6.42 Å². The van der Waals surface area contributed by atoms with Gasteiger partial charge in [0.1, 0.15) is 5.75 Å². The molecular weight excluding hydrogens is 260 g/mol. The lowest BCUT2D eigenvalue weighted by atomic mass is 10.1. The third-order valence-corrected chi connectivity index (χ3v) is 2.20. The number of ether oxygens (including phenoxy) is 1. The normalized spacial score (nSPS) is 12.0. The molecule has 1 rings (SSSR count). The Kier molecular flexibility index (Phi) is 5.23. The van der Waals surface area contributed by atoms with Gasteiger partial charge in [-0.25, -0.2) is 0 Å². The van der Waals surface area contributed by atoms with E-state index in [1.807, 2.05) is 0 Å². The van der Waals surface area contributed by atoms with Crippen LogP contribution in [0.1, 0.15) is 23.7 Å². The molecule has 0 saturated carbocycles. The molecule has 1 aromatic carbocycles. The van der Waals surface area contributed by atoms with E-state index in [4.69, 9.17) is 5.11 Å². The summed E-state index contributed by atoms with van der Waals surface area (Å²) in [4.78, 5) is 22.1. The van der Waals surface area contributed by atoms with E-state index in [-0.39, 0.29) is 17.7 Å². The van der Waals surface area contributed by atoms with Crippen LogP contribution in [0.25, 0.3) is 0 Å². The largest absolute Gasteiger partial charge is 0.481 e. The SMILES string of the molecule is C[C@@H](CC(=O)O)NC(=O)c1ccc(OC(F)F)cc1. The zero-order valence-electron chi connectivity index (χ0n) is 10.1. The maximum atomic E-state index is 11.9. The van der Waals surface area contributed by atoms with Crippen LogP contribution < -0.4 is 10.1 Å². The quantitative estimate of drug-likeness (QED) is 0.829. The molecule has 7 heteroatoms. The predicted molar refractivity (Wildman–Crippen MR) is 62.3 cm³/mol. The van der Waals surface area contributed by atoms with Crippen molar-refractivity contribution in [2.24, 2.45) is 0 Å². The molecular formula is C12H13F2NO4. The maximum Gasteiger partial charge on any atom is 0.387 e. The van der Waals surface area contributed by atoms with Crippen LogP contribution in [-0.4, -0.2) is 29.6 Å². The Labute approximate surface area is 108 Å². The Hall–Kier alpha value is -2.18. The number of carbonyl (C=O) groups excluding carboxylic acids is 1. The van der Waals surface area contributed by atoms with Gasteiger partial charge in [-0.3, -0.25) is 9.59 Å². The molecule has 0 aliphatic carbocycles. The summed E-state index contributed by atoms with van der Waals surface area (Å²) in [5.74, 6) is -1.55. The van der Waals surface area contributed by atoms with E-state index in [1.54, 1.807) is 6.92 Å². The van der Waals surface area contributed by atoms with Crippen LogP contribution in [0, 0.1) is 0 Å². The summed E-state index contributed by atoms with van der Waals surface area (Å²) in [5, 5.41) is 11.0. The number of aliphatic carboxylic acids is 1. The molecule has 0 aromatic heterocycles. The molecule has 1 amide bonds. The van der Waals surface area contributed by atoms with Gasteiger partial charge in [-0.1, -0.05) is 0 Å². The highest BCUT2D eigenvalue weighted by Gasteiger charge is 2.13. The van der Waals surface area contributed by atoms with Gasteiger partial charge in [-0.15, -0.1) is 0 Å². The average Bonchev–Trinajstić information content (AvgIpc) is 2.27. The van der Waals surface area contributed by atoms with E-state index in [2.05, 4.69) is 10.1 Å². The molecule has 0 unspecified atom stereocenters. The molecule has 0 radical (unpaired) electrons. The summed E-state index contributed by atoms with van der Waals surface area (Å²) in [6, 6.07) is 4.59. The van der Waals surface area contributed by atoms with Crippen molar-refractivity contribution in [2.75, 3.05) is 0 Å². The maximum absolute atomic E-state index is 11.9. The Morgan fingerprint density at radius 3 is 2.37 bits per heavy atom. The lowest BCUT2D eigenvalue weighted by molar-refractivity contribution is -0.137. The molecule has 19 heavy (non-hydrogen) atoms. The van der Waals surface area contributed by atoms with E-state index in [9.17, 15) is 18.4 Å². The zero-order valence-corrected chi connectivity index (χ0v) is 10.1. The standard InChI is InChI=1S/C12H13F2NO4/c1-7(6-10(16)17)15-11(18)8-2-4-9(5-3-8)19-12(13)14/h2-5,7,12H,6H2,1H3,(H,15,18)(H,16,17)/t7-/m0/s1. The summed E-state index contributed by atoms with van der Waals surface area (Å²) in [6.07, 6.45) is -0.196. The zero-order chi connectivity index (χ0) is 14.4. The van der Waals surface area contributed by atoms with Gasteiger partial charge in [0, 0.05) is 11.6 Å². The minimum absolute atomic E-state index is 0.0508. The van der Waals surface area contributed by atoms with E-state index >= 15 is 0 Å². The molecule has 0 fully saturated rings. The topological polar surface area (TPSA) is 75.6 Å². The van der Waals surface area contributed by atoms with E-state index in [0.29, 0.717) is 0 Å². The smallest absolute Gasteiger partial charge is 0.387 e. The van der Waals surface area contributed by atoms with Crippen LogP contribution >= 0.6 is 0 Å². The lowest BCUT2D eigenvalue weighted by Gasteiger charge is -2.11. The van der Waals surface area contributed by atoms with Crippen molar-refractivity contribution >= 4 is 11.9 Å². The molecule has 0 aliphatic rings. The molecule has 1 aromatic rings. The van der Waals surface area contributed by atoms with Gasteiger partial charge in [-0.05, 0) is 31.2 Å². The van der Waals surface area contributed by atoms with Crippen molar-refractivity contribution < 1.29 is 28.2 Å². The first-order valence-corrected chi connectivity index (χ1v) is 5.46. The second-order valence-corrected chi connectivity index (χ2v) is 3.88. The number of benzene rings is 1. The number of nitrogens with one attached hydrogen (secondary N) is 1. The van der Waals surface area contributed by atoms with Crippen LogP contribution in [-0.2, 0) is 4.79 Å². The first kappa shape index (κ1) is 14.9. The molecule has 0 bridgehead atoms. The molecule has 0 aliphatic heterocycles. The summed E-state index contributed by atoms with van der Waals surface area (Å²) < 4.78 is 28.0. The molecule has 5 nitrogen and oxygen atoms in total. The Morgan fingerprint density at radius 1 is 1.32 bits per heavy atom. The van der Waals surface area contributed by atoms with Crippen LogP contribution in [0.15, 0.2) is 24.3 Å². The fourth-order valence-electron chi connectivity index (χ4n) is 1.41. The number of carbonyl (C=O) groups is 2.